The summed E-state index contributed by atoms with van der Waals surface area (Å²) in [6.07, 6.45) is 2.42. The molecule has 0 unspecified atom stereocenters. The number of ether oxygens (including phenoxy) is 3. The van der Waals surface area contributed by atoms with Crippen molar-refractivity contribution in [2.45, 2.75) is 39.9 Å². The van der Waals surface area contributed by atoms with Crippen molar-refractivity contribution in [3.05, 3.63) is 11.8 Å². The summed E-state index contributed by atoms with van der Waals surface area (Å²) in [5.74, 6) is -1.04. The number of carboxylic acids is 1. The highest BCUT2D eigenvalue weighted by Gasteiger charge is 2.28. The summed E-state index contributed by atoms with van der Waals surface area (Å²) in [4.78, 5) is 10.8. The Balaban J connectivity index is 2.26. The molecule has 1 aliphatic heterocycles. The lowest BCUT2D eigenvalue weighted by atomic mass is 9.95. The van der Waals surface area contributed by atoms with Gasteiger partial charge in [-0.2, -0.15) is 0 Å². The number of carbonyl (C=O) groups is 1. The fourth-order valence-electron chi connectivity index (χ4n) is 1.55. The van der Waals surface area contributed by atoms with Gasteiger partial charge in [0.1, 0.15) is 0 Å². The van der Waals surface area contributed by atoms with Gasteiger partial charge in [0.2, 0.25) is 0 Å². The van der Waals surface area contributed by atoms with Gasteiger partial charge in [-0.05, 0) is 12.5 Å². The number of aliphatic carboxylic acids is 1. The molecule has 1 fully saturated rings. The molecule has 0 amide bonds. The third kappa shape index (κ3) is 5.06. The molecule has 0 atom stereocenters. The van der Waals surface area contributed by atoms with E-state index in [1.807, 2.05) is 6.92 Å². The van der Waals surface area contributed by atoms with Gasteiger partial charge in [-0.25, -0.2) is 4.79 Å². The second-order valence-electron chi connectivity index (χ2n) is 5.13. The zero-order chi connectivity index (χ0) is 13.6. The summed E-state index contributed by atoms with van der Waals surface area (Å²) >= 11 is 0. The summed E-state index contributed by atoms with van der Waals surface area (Å²) in [7, 11) is 0. The van der Waals surface area contributed by atoms with E-state index >= 15 is 0 Å². The molecule has 0 aromatic carbocycles. The molecule has 0 saturated carbocycles. The van der Waals surface area contributed by atoms with E-state index in [4.69, 9.17) is 19.3 Å². The van der Waals surface area contributed by atoms with Crippen LogP contribution >= 0.6 is 0 Å². The number of rotatable bonds is 6. The molecule has 1 rings (SSSR count). The highest BCUT2D eigenvalue weighted by Crippen LogP contribution is 2.24. The molecule has 5 heteroatoms. The van der Waals surface area contributed by atoms with Gasteiger partial charge in [-0.3, -0.25) is 0 Å². The van der Waals surface area contributed by atoms with Gasteiger partial charge in [0.15, 0.2) is 12.0 Å². The normalized spacial score (nSPS) is 20.7. The quantitative estimate of drug-likeness (QED) is 0.584. The van der Waals surface area contributed by atoms with Crippen LogP contribution in [0.25, 0.3) is 0 Å². The zero-order valence-corrected chi connectivity index (χ0v) is 11.3. The predicted octanol–water partition coefficient (Wildman–Crippen LogP) is 2.17. The lowest BCUT2D eigenvalue weighted by molar-refractivity contribution is -0.226. The molecule has 0 radical (unpaired) electrons. The van der Waals surface area contributed by atoms with Crippen LogP contribution in [0.2, 0.25) is 0 Å². The average Bonchev–Trinajstić information content (AvgIpc) is 2.30. The Hall–Kier alpha value is -1.07. The SMILES string of the molecule is CC/C=C(/OCCC1OCC(C)(C)CO1)C(=O)O. The zero-order valence-electron chi connectivity index (χ0n) is 11.3. The van der Waals surface area contributed by atoms with Crippen molar-refractivity contribution in [3.63, 3.8) is 0 Å². The van der Waals surface area contributed by atoms with Crippen molar-refractivity contribution in [2.24, 2.45) is 5.41 Å². The Morgan fingerprint density at radius 1 is 1.44 bits per heavy atom. The molecule has 0 spiro atoms. The summed E-state index contributed by atoms with van der Waals surface area (Å²) < 4.78 is 16.3. The standard InChI is InChI=1S/C13H22O5/c1-4-5-10(12(14)15)16-7-6-11-17-8-13(2,3)9-18-11/h5,11H,4,6-9H2,1-3H3,(H,14,15)/b10-5+. The van der Waals surface area contributed by atoms with E-state index in [9.17, 15) is 4.79 Å². The van der Waals surface area contributed by atoms with Crippen molar-refractivity contribution in [3.8, 4) is 0 Å². The fourth-order valence-corrected chi connectivity index (χ4v) is 1.55. The Labute approximate surface area is 108 Å². The van der Waals surface area contributed by atoms with Crippen molar-refractivity contribution in [1.82, 2.24) is 0 Å². The summed E-state index contributed by atoms with van der Waals surface area (Å²) in [6.45, 7) is 7.59. The summed E-state index contributed by atoms with van der Waals surface area (Å²) in [5, 5.41) is 8.85. The highest BCUT2D eigenvalue weighted by molar-refractivity contribution is 5.84. The van der Waals surface area contributed by atoms with E-state index in [1.165, 1.54) is 0 Å². The lowest BCUT2D eigenvalue weighted by Crippen LogP contribution is -2.38. The molecule has 1 saturated heterocycles. The van der Waals surface area contributed by atoms with Crippen molar-refractivity contribution >= 4 is 5.97 Å². The third-order valence-corrected chi connectivity index (χ3v) is 2.53. The summed E-state index contributed by atoms with van der Waals surface area (Å²) in [5.41, 5.74) is 0.0473. The number of hydrogen-bond donors (Lipinski definition) is 1. The summed E-state index contributed by atoms with van der Waals surface area (Å²) in [6, 6.07) is 0. The largest absolute Gasteiger partial charge is 0.487 e. The molecule has 0 bridgehead atoms. The predicted molar refractivity (Wildman–Crippen MR) is 66.1 cm³/mol. The van der Waals surface area contributed by atoms with Gasteiger partial charge in [-0.15, -0.1) is 0 Å². The van der Waals surface area contributed by atoms with Gasteiger partial charge in [0.25, 0.3) is 0 Å². The van der Waals surface area contributed by atoms with Gasteiger partial charge >= 0.3 is 5.97 Å². The Bertz CT molecular complexity index is 299. The van der Waals surface area contributed by atoms with E-state index in [1.54, 1.807) is 6.08 Å². The van der Waals surface area contributed by atoms with Crippen LogP contribution in [0, 0.1) is 5.41 Å². The minimum atomic E-state index is -1.04. The maximum absolute atomic E-state index is 10.8. The molecule has 1 N–H and O–H groups in total. The lowest BCUT2D eigenvalue weighted by Gasteiger charge is -2.34. The van der Waals surface area contributed by atoms with E-state index in [2.05, 4.69) is 13.8 Å². The molecule has 0 aromatic rings. The average molecular weight is 258 g/mol. The molecule has 0 aliphatic carbocycles. The molecule has 104 valence electrons. The first-order chi connectivity index (χ1) is 8.44. The van der Waals surface area contributed by atoms with E-state index in [-0.39, 0.29) is 24.1 Å². The minimum absolute atomic E-state index is 0.00589. The van der Waals surface area contributed by atoms with Gasteiger partial charge in [0.05, 0.1) is 19.8 Å². The van der Waals surface area contributed by atoms with E-state index in [0.29, 0.717) is 26.1 Å². The smallest absolute Gasteiger partial charge is 0.370 e. The molecule has 0 aromatic heterocycles. The molecule has 1 heterocycles. The monoisotopic (exact) mass is 258 g/mol. The number of allylic oxidation sites excluding steroid dienone is 1. The van der Waals surface area contributed by atoms with Crippen LogP contribution in [0.5, 0.6) is 0 Å². The van der Waals surface area contributed by atoms with Gasteiger partial charge < -0.3 is 19.3 Å². The van der Waals surface area contributed by atoms with Crippen molar-refractivity contribution in [1.29, 1.82) is 0 Å². The second kappa shape index (κ2) is 6.75. The Morgan fingerprint density at radius 2 is 2.06 bits per heavy atom. The van der Waals surface area contributed by atoms with Crippen LogP contribution in [0.15, 0.2) is 11.8 Å². The fraction of sp³-hybridized carbons (Fsp3) is 0.769. The van der Waals surface area contributed by atoms with E-state index < -0.39 is 5.97 Å². The molecular weight excluding hydrogens is 236 g/mol. The van der Waals surface area contributed by atoms with E-state index in [0.717, 1.165) is 0 Å². The van der Waals surface area contributed by atoms with Crippen LogP contribution in [0.3, 0.4) is 0 Å². The topological polar surface area (TPSA) is 65.0 Å². The Morgan fingerprint density at radius 3 is 2.56 bits per heavy atom. The minimum Gasteiger partial charge on any atom is -0.487 e. The highest BCUT2D eigenvalue weighted by atomic mass is 16.7. The first-order valence-corrected chi connectivity index (χ1v) is 6.24. The van der Waals surface area contributed by atoms with Crippen LogP contribution in [-0.4, -0.2) is 37.2 Å². The second-order valence-corrected chi connectivity index (χ2v) is 5.13. The van der Waals surface area contributed by atoms with Crippen molar-refractivity contribution < 1.29 is 24.1 Å². The molecule has 1 aliphatic rings. The molecule has 5 nitrogen and oxygen atoms in total. The van der Waals surface area contributed by atoms with Gasteiger partial charge in [0, 0.05) is 11.8 Å². The Kier molecular flexibility index (Phi) is 5.62. The van der Waals surface area contributed by atoms with Crippen LogP contribution in [-0.2, 0) is 19.0 Å². The third-order valence-electron chi connectivity index (χ3n) is 2.53. The number of carboxylic acid groups (broad SMARTS) is 1. The first kappa shape index (κ1) is 15.0. The molecular formula is C13H22O5. The van der Waals surface area contributed by atoms with Gasteiger partial charge in [-0.1, -0.05) is 20.8 Å². The maximum Gasteiger partial charge on any atom is 0.370 e. The molecule has 18 heavy (non-hydrogen) atoms. The van der Waals surface area contributed by atoms with Crippen LogP contribution in [0.4, 0.5) is 0 Å². The van der Waals surface area contributed by atoms with Crippen LogP contribution in [0.1, 0.15) is 33.6 Å². The van der Waals surface area contributed by atoms with Crippen LogP contribution < -0.4 is 0 Å². The van der Waals surface area contributed by atoms with Crippen molar-refractivity contribution in [2.75, 3.05) is 19.8 Å². The first-order valence-electron chi connectivity index (χ1n) is 6.24. The maximum atomic E-state index is 10.8. The number of hydrogen-bond acceptors (Lipinski definition) is 4.